The average molecular weight is 751 g/mol. The van der Waals surface area contributed by atoms with Crippen molar-refractivity contribution in [3.63, 3.8) is 0 Å². The summed E-state index contributed by atoms with van der Waals surface area (Å²) in [7, 11) is 1.52. The van der Waals surface area contributed by atoms with Crippen molar-refractivity contribution >= 4 is 45.9 Å². The second kappa shape index (κ2) is 19.3. The van der Waals surface area contributed by atoms with Gasteiger partial charge in [-0.3, -0.25) is 14.7 Å². The molecule has 5 rings (SSSR count). The van der Waals surface area contributed by atoms with E-state index in [0.29, 0.717) is 39.1 Å². The van der Waals surface area contributed by atoms with E-state index >= 15 is 0 Å². The average Bonchev–Trinajstić information content (AvgIpc) is 3.84. The maximum Gasteiger partial charge on any atom is 0.417 e. The third kappa shape index (κ3) is 11.5. The van der Waals surface area contributed by atoms with E-state index in [9.17, 15) is 19.5 Å². The van der Waals surface area contributed by atoms with Gasteiger partial charge in [-0.05, 0) is 36.3 Å². The summed E-state index contributed by atoms with van der Waals surface area (Å²) in [6, 6.07) is 16.9. The number of nitrogens with zero attached hydrogens (tertiary/aromatic N) is 4. The lowest BCUT2D eigenvalue weighted by atomic mass is 9.93. The van der Waals surface area contributed by atoms with E-state index in [-0.39, 0.29) is 24.8 Å². The van der Waals surface area contributed by atoms with E-state index in [1.807, 2.05) is 74.5 Å². The number of carbonyl (C=O) groups is 3. The molecule has 3 N–H and O–H groups in total. The lowest BCUT2D eigenvalue weighted by molar-refractivity contribution is -0.128. The van der Waals surface area contributed by atoms with E-state index in [2.05, 4.69) is 25.5 Å². The van der Waals surface area contributed by atoms with Crippen molar-refractivity contribution in [1.29, 1.82) is 0 Å². The predicted molar refractivity (Wildman–Crippen MR) is 200 cm³/mol. The van der Waals surface area contributed by atoms with Gasteiger partial charge >= 0.3 is 12.2 Å². The van der Waals surface area contributed by atoms with Crippen LogP contribution in [0.3, 0.4) is 0 Å². The topological polar surface area (TPSA) is 155 Å². The molecule has 13 nitrogen and oxygen atoms in total. The van der Waals surface area contributed by atoms with Crippen molar-refractivity contribution in [3.05, 3.63) is 93.8 Å². The Morgan fingerprint density at radius 1 is 0.981 bits per heavy atom. The van der Waals surface area contributed by atoms with Gasteiger partial charge in [-0.2, -0.15) is 4.98 Å². The number of rotatable bonds is 16. The molecular weight excluding hydrogens is 705 g/mol. The molecule has 0 radical (unpaired) electrons. The Labute approximate surface area is 311 Å². The number of alkyl carbamates (subject to hydrolysis) is 1. The molecule has 4 aromatic rings. The van der Waals surface area contributed by atoms with Crippen LogP contribution in [0.2, 0.25) is 0 Å². The molecule has 1 aliphatic heterocycles. The molecule has 2 aromatic heterocycles. The molecule has 1 fully saturated rings. The lowest BCUT2D eigenvalue weighted by Gasteiger charge is -2.33. The molecule has 278 valence electrons. The molecule has 52 heavy (non-hydrogen) atoms. The summed E-state index contributed by atoms with van der Waals surface area (Å²) >= 11 is 2.76. The van der Waals surface area contributed by atoms with E-state index < -0.39 is 42.3 Å². The third-order valence-electron chi connectivity index (χ3n) is 8.64. The monoisotopic (exact) mass is 750 g/mol. The van der Waals surface area contributed by atoms with E-state index in [4.69, 9.17) is 14.2 Å². The molecule has 4 atom stereocenters. The molecule has 0 saturated carbocycles. The van der Waals surface area contributed by atoms with Gasteiger partial charge in [-0.1, -0.05) is 74.5 Å². The second-order valence-corrected chi connectivity index (χ2v) is 14.7. The Morgan fingerprint density at radius 3 is 2.29 bits per heavy atom. The Hall–Kier alpha value is -4.57. The van der Waals surface area contributed by atoms with Gasteiger partial charge in [0.2, 0.25) is 11.8 Å². The first-order valence-corrected chi connectivity index (χ1v) is 19.0. The van der Waals surface area contributed by atoms with Crippen LogP contribution >= 0.6 is 22.7 Å². The normalized spacial score (nSPS) is 15.3. The van der Waals surface area contributed by atoms with Gasteiger partial charge in [0, 0.05) is 32.4 Å². The van der Waals surface area contributed by atoms with E-state index in [0.717, 1.165) is 21.1 Å². The largest absolute Gasteiger partial charge is 0.444 e. The van der Waals surface area contributed by atoms with Crippen LogP contribution < -0.4 is 20.3 Å². The highest BCUT2D eigenvalue weighted by molar-refractivity contribution is 7.13. The van der Waals surface area contributed by atoms with Crippen LogP contribution in [-0.2, 0) is 33.7 Å². The number of likely N-dealkylation sites (N-methyl/N-ethyl adjacent to an activating group) is 1. The number of carbonyl (C=O) groups excluding carboxylic acids is 3. The molecule has 3 heterocycles. The van der Waals surface area contributed by atoms with Gasteiger partial charge in [0.25, 0.3) is 0 Å². The Morgan fingerprint density at radius 2 is 1.65 bits per heavy atom. The SMILES string of the molecule is CC(C)[C@@H](C(=O)N[C@@H](Cc1ccccc1)[C@@H](O)C[C@H](Cc1ccccc1)NC(=O)OCc1cncs1)N(C)C(=O)Oc1csc(N2CCOCC2)n1. The van der Waals surface area contributed by atoms with Gasteiger partial charge in [0.05, 0.1) is 41.1 Å². The molecule has 15 heteroatoms. The van der Waals surface area contributed by atoms with Crippen LogP contribution in [0.5, 0.6) is 5.88 Å². The van der Waals surface area contributed by atoms with Crippen molar-refractivity contribution in [1.82, 2.24) is 25.5 Å². The molecule has 0 spiro atoms. The molecular formula is C37H46N6O7S2. The first-order valence-electron chi connectivity index (χ1n) is 17.3. The highest BCUT2D eigenvalue weighted by atomic mass is 32.1. The summed E-state index contributed by atoms with van der Waals surface area (Å²) < 4.78 is 16.5. The Bertz CT molecular complexity index is 1690. The summed E-state index contributed by atoms with van der Waals surface area (Å²) in [5.74, 6) is -0.586. The number of aliphatic hydroxyl groups excluding tert-OH is 1. The second-order valence-electron chi connectivity index (χ2n) is 12.9. The van der Waals surface area contributed by atoms with Crippen molar-refractivity contribution in [2.24, 2.45) is 5.92 Å². The Kier molecular flexibility index (Phi) is 14.4. The maximum atomic E-state index is 14.1. The highest BCUT2D eigenvalue weighted by Gasteiger charge is 2.35. The summed E-state index contributed by atoms with van der Waals surface area (Å²) in [5.41, 5.74) is 3.53. The molecule has 0 bridgehead atoms. The number of thiazole rings is 2. The molecule has 0 aliphatic carbocycles. The number of aliphatic hydroxyl groups is 1. The number of hydrogen-bond donors (Lipinski definition) is 3. The quantitative estimate of drug-likeness (QED) is 0.144. The number of ether oxygens (including phenoxy) is 3. The lowest BCUT2D eigenvalue weighted by Crippen LogP contribution is -2.56. The van der Waals surface area contributed by atoms with Crippen LogP contribution in [0, 0.1) is 5.92 Å². The molecule has 3 amide bonds. The zero-order chi connectivity index (χ0) is 36.9. The zero-order valence-corrected chi connectivity index (χ0v) is 31.2. The predicted octanol–water partition coefficient (Wildman–Crippen LogP) is 4.91. The number of aromatic nitrogens is 2. The minimum absolute atomic E-state index is 0.0772. The first-order chi connectivity index (χ1) is 25.2. The molecule has 1 aliphatic rings. The molecule has 2 aromatic carbocycles. The summed E-state index contributed by atoms with van der Waals surface area (Å²) in [6.45, 7) is 6.37. The fraction of sp³-hybridized carbons (Fsp3) is 0.432. The van der Waals surface area contributed by atoms with Crippen LogP contribution in [0.1, 0.15) is 36.3 Å². The van der Waals surface area contributed by atoms with Gasteiger partial charge < -0.3 is 34.9 Å². The van der Waals surface area contributed by atoms with Crippen molar-refractivity contribution in [2.45, 2.75) is 63.9 Å². The van der Waals surface area contributed by atoms with Gasteiger partial charge in [0.15, 0.2) is 5.13 Å². The van der Waals surface area contributed by atoms with Crippen LogP contribution in [-0.4, -0.2) is 95.6 Å². The van der Waals surface area contributed by atoms with Gasteiger partial charge in [0.1, 0.15) is 12.6 Å². The molecule has 1 saturated heterocycles. The van der Waals surface area contributed by atoms with E-state index in [1.165, 1.54) is 34.6 Å². The smallest absolute Gasteiger partial charge is 0.417 e. The fourth-order valence-corrected chi connectivity index (χ4v) is 7.31. The summed E-state index contributed by atoms with van der Waals surface area (Å²) in [6.07, 6.45) is 0.0545. The van der Waals surface area contributed by atoms with Crippen LogP contribution in [0.15, 0.2) is 77.8 Å². The zero-order valence-electron chi connectivity index (χ0n) is 29.6. The summed E-state index contributed by atoms with van der Waals surface area (Å²) in [5, 5.41) is 20.2. The fourth-order valence-electron chi connectivity index (χ4n) is 6.02. The highest BCUT2D eigenvalue weighted by Crippen LogP contribution is 2.26. The maximum absolute atomic E-state index is 14.1. The van der Waals surface area contributed by atoms with E-state index in [1.54, 1.807) is 17.1 Å². The number of morpholine rings is 1. The number of anilines is 1. The Balaban J connectivity index is 1.28. The van der Waals surface area contributed by atoms with Crippen LogP contribution in [0.25, 0.3) is 0 Å². The standard InChI is InChI=1S/C37H46N6O7S2/c1-25(2)33(42(3)37(47)50-32-23-51-35(41-32)43-14-16-48-17-15-43)34(45)40-30(19-27-12-8-5-9-13-27)31(44)20-28(18-26-10-6-4-7-11-26)39-36(46)49-22-29-21-38-24-52-29/h4-13,21,23-25,28,30-31,33,44H,14-20,22H2,1-3H3,(H,39,46)(H,40,45)/t28-,30-,31-,33-/m0/s1. The number of benzene rings is 2. The first kappa shape index (κ1) is 38.7. The minimum atomic E-state index is -1.08. The number of hydrogen-bond acceptors (Lipinski definition) is 12. The third-order valence-corrected chi connectivity index (χ3v) is 10.3. The summed E-state index contributed by atoms with van der Waals surface area (Å²) in [4.78, 5) is 53.0. The molecule has 0 unspecified atom stereocenters. The minimum Gasteiger partial charge on any atom is -0.444 e. The van der Waals surface area contributed by atoms with Gasteiger partial charge in [-0.25, -0.2) is 9.59 Å². The van der Waals surface area contributed by atoms with Crippen molar-refractivity contribution in [2.75, 3.05) is 38.3 Å². The van der Waals surface area contributed by atoms with Crippen LogP contribution in [0.4, 0.5) is 14.7 Å². The number of amides is 3. The van der Waals surface area contributed by atoms with Crippen molar-refractivity contribution in [3.8, 4) is 5.88 Å². The van der Waals surface area contributed by atoms with Crippen molar-refractivity contribution < 1.29 is 33.7 Å². The number of nitrogens with one attached hydrogen (secondary N) is 2. The van der Waals surface area contributed by atoms with Gasteiger partial charge in [-0.15, -0.1) is 22.7 Å².